The molecule has 0 spiro atoms. The van der Waals surface area contributed by atoms with Crippen molar-refractivity contribution in [3.05, 3.63) is 23.2 Å². The summed E-state index contributed by atoms with van der Waals surface area (Å²) in [6.07, 6.45) is 0.0984. The first-order chi connectivity index (χ1) is 9.53. The van der Waals surface area contributed by atoms with Crippen LogP contribution < -0.4 is 9.46 Å². The molecule has 1 saturated heterocycles. The smallest absolute Gasteiger partial charge is 0.244 e. The maximum Gasteiger partial charge on any atom is 0.244 e. The fourth-order valence-electron chi connectivity index (χ4n) is 1.82. The summed E-state index contributed by atoms with van der Waals surface area (Å²) in [5.74, 6) is 0.246. The van der Waals surface area contributed by atoms with Crippen molar-refractivity contribution in [1.82, 2.24) is 4.72 Å². The summed E-state index contributed by atoms with van der Waals surface area (Å²) in [7, 11) is -2.28. The molecule has 1 aromatic carbocycles. The molecule has 112 valence electrons. The largest absolute Gasteiger partial charge is 0.495 e. The lowest BCUT2D eigenvalue weighted by atomic mass is 10.3. The SMILES string of the molecule is COc1ccc(Cl)cc1S(=O)(=O)NCCC1OCCO1. The number of nitrogens with one attached hydrogen (secondary N) is 1. The number of benzene rings is 1. The molecule has 0 bridgehead atoms. The van der Waals surface area contributed by atoms with Crippen molar-refractivity contribution in [3.8, 4) is 5.75 Å². The van der Waals surface area contributed by atoms with Gasteiger partial charge in [0.15, 0.2) is 6.29 Å². The molecule has 1 aliphatic rings. The number of rotatable bonds is 6. The van der Waals surface area contributed by atoms with Crippen LogP contribution in [0.2, 0.25) is 5.02 Å². The second-order valence-corrected chi connectivity index (χ2v) is 6.32. The predicted molar refractivity (Wildman–Crippen MR) is 73.5 cm³/mol. The molecule has 0 aromatic heterocycles. The Morgan fingerprint density at radius 1 is 1.40 bits per heavy atom. The molecule has 1 N–H and O–H groups in total. The number of hydrogen-bond acceptors (Lipinski definition) is 5. The van der Waals surface area contributed by atoms with E-state index in [0.29, 0.717) is 24.7 Å². The van der Waals surface area contributed by atoms with Gasteiger partial charge < -0.3 is 14.2 Å². The van der Waals surface area contributed by atoms with Crippen molar-refractivity contribution >= 4 is 21.6 Å². The number of methoxy groups -OCH3 is 1. The lowest BCUT2D eigenvalue weighted by Crippen LogP contribution is -2.28. The van der Waals surface area contributed by atoms with Gasteiger partial charge in [0.2, 0.25) is 10.0 Å². The molecular weight excluding hydrogens is 306 g/mol. The zero-order chi connectivity index (χ0) is 14.6. The number of ether oxygens (including phenoxy) is 3. The Hall–Kier alpha value is -0.860. The van der Waals surface area contributed by atoms with E-state index in [1.54, 1.807) is 6.07 Å². The van der Waals surface area contributed by atoms with Gasteiger partial charge in [0.05, 0.1) is 20.3 Å². The minimum Gasteiger partial charge on any atom is -0.495 e. The van der Waals surface area contributed by atoms with Gasteiger partial charge in [-0.05, 0) is 18.2 Å². The summed E-state index contributed by atoms with van der Waals surface area (Å²) in [5.41, 5.74) is 0. The topological polar surface area (TPSA) is 73.9 Å². The first-order valence-corrected chi connectivity index (χ1v) is 7.95. The number of sulfonamides is 1. The molecule has 0 atom stereocenters. The highest BCUT2D eigenvalue weighted by molar-refractivity contribution is 7.89. The van der Waals surface area contributed by atoms with Crippen molar-refractivity contribution in [2.75, 3.05) is 26.9 Å². The average Bonchev–Trinajstić information content (AvgIpc) is 2.91. The van der Waals surface area contributed by atoms with Crippen molar-refractivity contribution in [1.29, 1.82) is 0 Å². The maximum atomic E-state index is 12.2. The molecule has 6 nitrogen and oxygen atoms in total. The van der Waals surface area contributed by atoms with Gasteiger partial charge in [-0.25, -0.2) is 13.1 Å². The maximum absolute atomic E-state index is 12.2. The first-order valence-electron chi connectivity index (χ1n) is 6.09. The van der Waals surface area contributed by atoms with Crippen molar-refractivity contribution in [2.45, 2.75) is 17.6 Å². The van der Waals surface area contributed by atoms with Crippen LogP contribution in [-0.2, 0) is 19.5 Å². The molecule has 1 aromatic rings. The number of halogens is 1. The zero-order valence-corrected chi connectivity index (χ0v) is 12.5. The molecule has 1 aliphatic heterocycles. The third-order valence-electron chi connectivity index (χ3n) is 2.78. The molecule has 0 aliphatic carbocycles. The molecule has 8 heteroatoms. The van der Waals surface area contributed by atoms with Crippen LogP contribution >= 0.6 is 11.6 Å². The van der Waals surface area contributed by atoms with E-state index in [4.69, 9.17) is 25.8 Å². The van der Waals surface area contributed by atoms with Gasteiger partial charge in [0.25, 0.3) is 0 Å². The van der Waals surface area contributed by atoms with Gasteiger partial charge >= 0.3 is 0 Å². The third kappa shape index (κ3) is 3.83. The van der Waals surface area contributed by atoms with Crippen LogP contribution in [0.3, 0.4) is 0 Å². The van der Waals surface area contributed by atoms with E-state index in [1.807, 2.05) is 0 Å². The van der Waals surface area contributed by atoms with Crippen LogP contribution in [0.5, 0.6) is 5.75 Å². The second kappa shape index (κ2) is 6.73. The summed E-state index contributed by atoms with van der Waals surface area (Å²) in [6, 6.07) is 4.44. The minimum atomic E-state index is -3.69. The standard InChI is InChI=1S/C12H16ClNO5S/c1-17-10-3-2-9(13)8-11(10)20(15,16)14-5-4-12-18-6-7-19-12/h2-3,8,12,14H,4-7H2,1H3. The highest BCUT2D eigenvalue weighted by atomic mass is 35.5. The van der Waals surface area contributed by atoms with E-state index in [9.17, 15) is 8.42 Å². The normalized spacial score (nSPS) is 16.5. The quantitative estimate of drug-likeness (QED) is 0.857. The minimum absolute atomic E-state index is 0.0146. The van der Waals surface area contributed by atoms with E-state index in [2.05, 4.69) is 4.72 Å². The van der Waals surface area contributed by atoms with E-state index in [1.165, 1.54) is 19.2 Å². The summed E-state index contributed by atoms with van der Waals surface area (Å²) >= 11 is 5.83. The molecule has 0 saturated carbocycles. The molecule has 20 heavy (non-hydrogen) atoms. The van der Waals surface area contributed by atoms with Crippen LogP contribution in [-0.4, -0.2) is 41.6 Å². The van der Waals surface area contributed by atoms with Crippen molar-refractivity contribution in [2.24, 2.45) is 0 Å². The predicted octanol–water partition coefficient (Wildman–Crippen LogP) is 1.39. The molecule has 0 unspecified atom stereocenters. The zero-order valence-electron chi connectivity index (χ0n) is 11.0. The second-order valence-electron chi connectivity index (χ2n) is 4.15. The monoisotopic (exact) mass is 321 g/mol. The Labute approximate surface area is 123 Å². The van der Waals surface area contributed by atoms with Crippen LogP contribution in [0.25, 0.3) is 0 Å². The van der Waals surface area contributed by atoms with E-state index < -0.39 is 10.0 Å². The van der Waals surface area contributed by atoms with Crippen LogP contribution in [0.1, 0.15) is 6.42 Å². The fourth-order valence-corrected chi connectivity index (χ4v) is 3.30. The third-order valence-corrected chi connectivity index (χ3v) is 4.50. The highest BCUT2D eigenvalue weighted by Gasteiger charge is 2.21. The molecule has 0 amide bonds. The Bertz CT molecular complexity index is 557. The lowest BCUT2D eigenvalue weighted by molar-refractivity contribution is -0.0451. The number of hydrogen-bond donors (Lipinski definition) is 1. The Kier molecular flexibility index (Phi) is 5.22. The molecule has 0 radical (unpaired) electrons. The van der Waals surface area contributed by atoms with Crippen molar-refractivity contribution in [3.63, 3.8) is 0 Å². The van der Waals surface area contributed by atoms with Gasteiger partial charge in [-0.2, -0.15) is 0 Å². The molecule has 2 rings (SSSR count). The Morgan fingerprint density at radius 2 is 2.10 bits per heavy atom. The van der Waals surface area contributed by atoms with Crippen LogP contribution in [0, 0.1) is 0 Å². The Balaban J connectivity index is 2.03. The average molecular weight is 322 g/mol. The van der Waals surface area contributed by atoms with Gasteiger partial charge in [-0.15, -0.1) is 0 Å². The fraction of sp³-hybridized carbons (Fsp3) is 0.500. The van der Waals surface area contributed by atoms with Gasteiger partial charge in [-0.1, -0.05) is 11.6 Å². The van der Waals surface area contributed by atoms with Crippen LogP contribution in [0.4, 0.5) is 0 Å². The van der Waals surface area contributed by atoms with Gasteiger partial charge in [0, 0.05) is 18.0 Å². The highest BCUT2D eigenvalue weighted by Crippen LogP contribution is 2.26. The summed E-state index contributed by atoms with van der Waals surface area (Å²) < 4.78 is 42.4. The molecule has 1 fully saturated rings. The summed E-state index contributed by atoms with van der Waals surface area (Å²) in [5, 5.41) is 0.327. The first kappa shape index (κ1) is 15.5. The van der Waals surface area contributed by atoms with E-state index >= 15 is 0 Å². The van der Waals surface area contributed by atoms with E-state index in [-0.39, 0.29) is 23.5 Å². The van der Waals surface area contributed by atoms with E-state index in [0.717, 1.165) is 0 Å². The summed E-state index contributed by atoms with van der Waals surface area (Å²) in [6.45, 7) is 1.29. The molecule has 1 heterocycles. The Morgan fingerprint density at radius 3 is 2.75 bits per heavy atom. The summed E-state index contributed by atoms with van der Waals surface area (Å²) in [4.78, 5) is 0.0146. The molecular formula is C12H16ClNO5S. The lowest BCUT2D eigenvalue weighted by Gasteiger charge is -2.12. The van der Waals surface area contributed by atoms with Crippen LogP contribution in [0.15, 0.2) is 23.1 Å². The van der Waals surface area contributed by atoms with Gasteiger partial charge in [0.1, 0.15) is 10.6 Å². The van der Waals surface area contributed by atoms with Gasteiger partial charge in [-0.3, -0.25) is 0 Å². The van der Waals surface area contributed by atoms with Crippen molar-refractivity contribution < 1.29 is 22.6 Å².